The molecule has 1 aliphatic rings. The number of imide groups is 1. The summed E-state index contributed by atoms with van der Waals surface area (Å²) >= 11 is 0. The van der Waals surface area contributed by atoms with Gasteiger partial charge >= 0.3 is 5.69 Å². The summed E-state index contributed by atoms with van der Waals surface area (Å²) in [5, 5.41) is 1.00. The number of fused-ring (bicyclic) bond motifs is 1. The van der Waals surface area contributed by atoms with E-state index in [1.807, 2.05) is 18.2 Å². The van der Waals surface area contributed by atoms with E-state index in [1.54, 1.807) is 7.05 Å². The first-order chi connectivity index (χ1) is 11.5. The number of carbonyl (C=O) groups excluding carboxylic acids is 2. The number of nitrogens with two attached hydrogens (primary N) is 1. The third-order valence-electron chi connectivity index (χ3n) is 4.47. The number of aromatic nitrogens is 2. The molecule has 0 spiro atoms. The fourth-order valence-corrected chi connectivity index (χ4v) is 3.15. The minimum absolute atomic E-state index is 0.283. The Morgan fingerprint density at radius 3 is 2.42 bits per heavy atom. The van der Waals surface area contributed by atoms with E-state index in [4.69, 9.17) is 5.73 Å². The van der Waals surface area contributed by atoms with Crippen LogP contribution in [0.3, 0.4) is 0 Å². The molecule has 2 aromatic rings. The normalized spacial score (nSPS) is 15.5. The Labute approximate surface area is 139 Å². The monoisotopic (exact) mass is 330 g/mol. The van der Waals surface area contributed by atoms with Crippen molar-refractivity contribution in [2.24, 2.45) is 12.8 Å². The van der Waals surface area contributed by atoms with Crippen molar-refractivity contribution in [2.75, 3.05) is 11.6 Å². The Morgan fingerprint density at radius 2 is 1.75 bits per heavy atom. The molecule has 0 bridgehead atoms. The van der Waals surface area contributed by atoms with Crippen molar-refractivity contribution in [1.29, 1.82) is 0 Å². The van der Waals surface area contributed by atoms with E-state index in [0.717, 1.165) is 35.4 Å². The third-order valence-corrected chi connectivity index (χ3v) is 4.47. The highest BCUT2D eigenvalue weighted by atomic mass is 16.2. The van der Waals surface area contributed by atoms with Crippen LogP contribution in [0.1, 0.15) is 37.7 Å². The molecule has 3 rings (SSSR count). The van der Waals surface area contributed by atoms with Crippen LogP contribution in [-0.2, 0) is 23.1 Å². The molecular weight excluding hydrogens is 308 g/mol. The van der Waals surface area contributed by atoms with Gasteiger partial charge in [0.2, 0.25) is 11.8 Å². The summed E-state index contributed by atoms with van der Waals surface area (Å²) in [7, 11) is 1.66. The molecule has 7 heteroatoms. The number of rotatable bonds is 5. The SMILES string of the molecule is Cn1c(=O)n(N2C(=O)CCCC2=O)c2ccc(CCCCN)cc21. The van der Waals surface area contributed by atoms with E-state index >= 15 is 0 Å². The van der Waals surface area contributed by atoms with Gasteiger partial charge in [-0.3, -0.25) is 14.2 Å². The maximum Gasteiger partial charge on any atom is 0.348 e. The van der Waals surface area contributed by atoms with E-state index in [1.165, 1.54) is 9.24 Å². The van der Waals surface area contributed by atoms with Crippen LogP contribution in [0.2, 0.25) is 0 Å². The number of nitrogens with zero attached hydrogens (tertiary/aromatic N) is 3. The lowest BCUT2D eigenvalue weighted by molar-refractivity contribution is -0.131. The average Bonchev–Trinajstić information content (AvgIpc) is 2.80. The van der Waals surface area contributed by atoms with E-state index in [-0.39, 0.29) is 30.3 Å². The van der Waals surface area contributed by atoms with Gasteiger partial charge in [0.15, 0.2) is 0 Å². The molecule has 2 heterocycles. The van der Waals surface area contributed by atoms with Gasteiger partial charge in [-0.25, -0.2) is 4.79 Å². The van der Waals surface area contributed by atoms with Crippen LogP contribution >= 0.6 is 0 Å². The number of benzene rings is 1. The van der Waals surface area contributed by atoms with Gasteiger partial charge in [0, 0.05) is 19.9 Å². The summed E-state index contributed by atoms with van der Waals surface area (Å²) in [5.74, 6) is -0.652. The number of aryl methyl sites for hydroxylation is 2. The van der Waals surface area contributed by atoms with Gasteiger partial charge in [0.25, 0.3) is 0 Å². The number of carbonyl (C=O) groups is 2. The minimum atomic E-state index is -0.382. The number of hydrogen-bond donors (Lipinski definition) is 1. The van der Waals surface area contributed by atoms with Gasteiger partial charge in [-0.05, 0) is 49.9 Å². The molecule has 128 valence electrons. The highest BCUT2D eigenvalue weighted by Gasteiger charge is 2.30. The lowest BCUT2D eigenvalue weighted by Crippen LogP contribution is -2.52. The van der Waals surface area contributed by atoms with Crippen molar-refractivity contribution in [3.05, 3.63) is 34.2 Å². The zero-order valence-corrected chi connectivity index (χ0v) is 13.8. The van der Waals surface area contributed by atoms with Gasteiger partial charge in [-0.15, -0.1) is 0 Å². The van der Waals surface area contributed by atoms with E-state index < -0.39 is 0 Å². The Kier molecular flexibility index (Phi) is 4.53. The minimum Gasteiger partial charge on any atom is -0.330 e. The van der Waals surface area contributed by atoms with Crippen LogP contribution in [0, 0.1) is 0 Å². The maximum atomic E-state index is 12.6. The van der Waals surface area contributed by atoms with E-state index in [9.17, 15) is 14.4 Å². The second-order valence-corrected chi connectivity index (χ2v) is 6.18. The first-order valence-electron chi connectivity index (χ1n) is 8.31. The second kappa shape index (κ2) is 6.60. The molecule has 7 nitrogen and oxygen atoms in total. The molecule has 0 unspecified atom stereocenters. The van der Waals surface area contributed by atoms with Gasteiger partial charge in [-0.2, -0.15) is 9.69 Å². The average molecular weight is 330 g/mol. The van der Waals surface area contributed by atoms with Crippen LogP contribution in [-0.4, -0.2) is 27.6 Å². The Hall–Kier alpha value is -2.41. The largest absolute Gasteiger partial charge is 0.348 e. The van der Waals surface area contributed by atoms with Crippen molar-refractivity contribution >= 4 is 22.8 Å². The molecule has 1 aliphatic heterocycles. The Morgan fingerprint density at radius 1 is 1.04 bits per heavy atom. The summed E-state index contributed by atoms with van der Waals surface area (Å²) in [5.41, 5.74) is 7.55. The summed E-state index contributed by atoms with van der Waals surface area (Å²) in [6.45, 7) is 0.663. The quantitative estimate of drug-likeness (QED) is 0.648. The van der Waals surface area contributed by atoms with Gasteiger partial charge < -0.3 is 5.73 Å². The second-order valence-electron chi connectivity index (χ2n) is 6.18. The van der Waals surface area contributed by atoms with Crippen LogP contribution in [0.5, 0.6) is 0 Å². The summed E-state index contributed by atoms with van der Waals surface area (Å²) in [6, 6.07) is 5.69. The number of hydrogen-bond acceptors (Lipinski definition) is 4. The lowest BCUT2D eigenvalue weighted by atomic mass is 10.1. The molecule has 2 amide bonds. The molecule has 0 atom stereocenters. The highest BCUT2D eigenvalue weighted by Crippen LogP contribution is 2.19. The predicted octanol–water partition coefficient (Wildman–Crippen LogP) is 0.796. The number of piperidine rings is 1. The zero-order valence-electron chi connectivity index (χ0n) is 13.8. The molecule has 0 radical (unpaired) electrons. The van der Waals surface area contributed by atoms with E-state index in [0.29, 0.717) is 18.5 Å². The fraction of sp³-hybridized carbons (Fsp3) is 0.471. The predicted molar refractivity (Wildman–Crippen MR) is 91.3 cm³/mol. The first kappa shape index (κ1) is 16.4. The number of unbranched alkanes of at least 4 members (excludes halogenated alkanes) is 1. The maximum absolute atomic E-state index is 12.6. The molecule has 0 aliphatic carbocycles. The fourth-order valence-electron chi connectivity index (χ4n) is 3.15. The summed E-state index contributed by atoms with van der Waals surface area (Å²) in [6.07, 6.45) is 3.93. The van der Waals surface area contributed by atoms with Crippen LogP contribution < -0.4 is 16.4 Å². The van der Waals surface area contributed by atoms with Gasteiger partial charge in [0.05, 0.1) is 11.0 Å². The zero-order chi connectivity index (χ0) is 17.3. The number of amides is 2. The van der Waals surface area contributed by atoms with E-state index in [2.05, 4.69) is 0 Å². The van der Waals surface area contributed by atoms with Crippen molar-refractivity contribution in [3.8, 4) is 0 Å². The van der Waals surface area contributed by atoms with Crippen molar-refractivity contribution < 1.29 is 9.59 Å². The first-order valence-corrected chi connectivity index (χ1v) is 8.31. The Bertz CT molecular complexity index is 833. The molecule has 0 saturated carbocycles. The molecule has 2 N–H and O–H groups in total. The molecule has 24 heavy (non-hydrogen) atoms. The molecular formula is C17H22N4O3. The smallest absolute Gasteiger partial charge is 0.330 e. The van der Waals surface area contributed by atoms with Crippen LogP contribution in [0.15, 0.2) is 23.0 Å². The summed E-state index contributed by atoms with van der Waals surface area (Å²) in [4.78, 5) is 37.0. The lowest BCUT2D eigenvalue weighted by Gasteiger charge is -2.25. The third kappa shape index (κ3) is 2.75. The molecule has 1 aromatic heterocycles. The van der Waals surface area contributed by atoms with Gasteiger partial charge in [0.1, 0.15) is 0 Å². The van der Waals surface area contributed by atoms with Crippen molar-refractivity contribution in [2.45, 2.75) is 38.5 Å². The molecule has 1 aromatic carbocycles. The molecule has 1 saturated heterocycles. The standard InChI is InChI=1S/C17H22N4O3/c1-19-14-11-12(5-2-3-10-18)8-9-13(14)20(17(19)24)21-15(22)6-4-7-16(21)23/h8-9,11H,2-7,10,18H2,1H3. The summed E-state index contributed by atoms with van der Waals surface area (Å²) < 4.78 is 2.69. The molecule has 1 fully saturated rings. The Balaban J connectivity index is 2.06. The number of imidazole rings is 1. The van der Waals surface area contributed by atoms with Crippen LogP contribution in [0.4, 0.5) is 0 Å². The van der Waals surface area contributed by atoms with Gasteiger partial charge in [-0.1, -0.05) is 6.07 Å². The van der Waals surface area contributed by atoms with Crippen molar-refractivity contribution in [3.63, 3.8) is 0 Å². The highest BCUT2D eigenvalue weighted by molar-refractivity contribution is 6.10. The van der Waals surface area contributed by atoms with Crippen LogP contribution in [0.25, 0.3) is 11.0 Å². The topological polar surface area (TPSA) is 90.3 Å². The van der Waals surface area contributed by atoms with Crippen molar-refractivity contribution in [1.82, 2.24) is 9.24 Å².